The van der Waals surface area contributed by atoms with Crippen molar-refractivity contribution in [1.82, 2.24) is 4.90 Å². The molecule has 2 saturated heterocycles. The lowest BCUT2D eigenvalue weighted by atomic mass is 9.61. The van der Waals surface area contributed by atoms with Gasteiger partial charge in [-0.05, 0) is 50.6 Å². The van der Waals surface area contributed by atoms with Crippen LogP contribution in [0.3, 0.4) is 0 Å². The van der Waals surface area contributed by atoms with Crippen molar-refractivity contribution in [3.63, 3.8) is 0 Å². The van der Waals surface area contributed by atoms with Crippen molar-refractivity contribution in [2.75, 3.05) is 12.8 Å². The second kappa shape index (κ2) is 3.54. The Balaban J connectivity index is 1.83. The minimum atomic E-state index is -0.678. The molecule has 0 aromatic rings. The van der Waals surface area contributed by atoms with Crippen LogP contribution in [0.15, 0.2) is 11.6 Å². The summed E-state index contributed by atoms with van der Waals surface area (Å²) in [5.74, 6) is 0. The fraction of sp³-hybridized carbons (Fsp3) is 0.857. The standard InChI is InChI=1S/C14H21NO2S/c1-9-13(18-2)8-10-7-12(16)17-14(10,13)11-5-3-4-6-15(9)11/h7,9,11-12,16H,3-6,8H2,1-2H3/t9-,11+,12?,13?,14-/m0/s1. The molecular formula is C14H21NO2S. The molecule has 100 valence electrons. The summed E-state index contributed by atoms with van der Waals surface area (Å²) in [6.45, 7) is 3.55. The van der Waals surface area contributed by atoms with Gasteiger partial charge in [0.2, 0.25) is 0 Å². The Hall–Kier alpha value is -0.0300. The third-order valence-corrected chi connectivity index (χ3v) is 7.28. The van der Waals surface area contributed by atoms with E-state index in [1.165, 1.54) is 31.4 Å². The fourth-order valence-electron chi connectivity index (χ4n) is 5.01. The maximum absolute atomic E-state index is 9.91. The maximum atomic E-state index is 9.91. The minimum absolute atomic E-state index is 0.172. The maximum Gasteiger partial charge on any atom is 0.175 e. The highest BCUT2D eigenvalue weighted by molar-refractivity contribution is 8.00. The fourth-order valence-corrected chi connectivity index (χ4v) is 6.41. The van der Waals surface area contributed by atoms with E-state index in [4.69, 9.17) is 4.74 Å². The Kier molecular flexibility index (Phi) is 2.31. The topological polar surface area (TPSA) is 32.7 Å². The van der Waals surface area contributed by atoms with E-state index < -0.39 is 6.29 Å². The molecule has 1 aliphatic carbocycles. The van der Waals surface area contributed by atoms with Gasteiger partial charge in [0.25, 0.3) is 0 Å². The molecule has 4 rings (SSSR count). The Morgan fingerprint density at radius 3 is 3.06 bits per heavy atom. The van der Waals surface area contributed by atoms with Gasteiger partial charge in [0.15, 0.2) is 6.29 Å². The van der Waals surface area contributed by atoms with Gasteiger partial charge in [-0.25, -0.2) is 0 Å². The Morgan fingerprint density at radius 2 is 2.33 bits per heavy atom. The third kappa shape index (κ3) is 1.03. The monoisotopic (exact) mass is 267 g/mol. The largest absolute Gasteiger partial charge is 0.365 e. The highest BCUT2D eigenvalue weighted by Gasteiger charge is 2.77. The first-order chi connectivity index (χ1) is 8.65. The molecule has 0 radical (unpaired) electrons. The zero-order chi connectivity index (χ0) is 12.5. The number of piperidine rings is 1. The van der Waals surface area contributed by atoms with Gasteiger partial charge in [-0.1, -0.05) is 6.42 Å². The second-order valence-corrected chi connectivity index (χ2v) is 7.27. The summed E-state index contributed by atoms with van der Waals surface area (Å²) in [5.41, 5.74) is 1.19. The van der Waals surface area contributed by atoms with Crippen molar-refractivity contribution in [3.05, 3.63) is 11.6 Å². The molecule has 3 aliphatic heterocycles. The Morgan fingerprint density at radius 1 is 1.50 bits per heavy atom. The first-order valence-corrected chi connectivity index (χ1v) is 8.26. The van der Waals surface area contributed by atoms with Gasteiger partial charge < -0.3 is 9.84 Å². The minimum Gasteiger partial charge on any atom is -0.365 e. The lowest BCUT2D eigenvalue weighted by molar-refractivity contribution is -0.162. The highest BCUT2D eigenvalue weighted by atomic mass is 32.2. The molecule has 4 heteroatoms. The second-order valence-electron chi connectivity index (χ2n) is 6.13. The molecule has 1 saturated carbocycles. The average Bonchev–Trinajstić information content (AvgIpc) is 2.72. The van der Waals surface area contributed by atoms with Crippen LogP contribution in [-0.2, 0) is 4.74 Å². The molecule has 0 aromatic heterocycles. The molecule has 5 atom stereocenters. The smallest absolute Gasteiger partial charge is 0.175 e. The first-order valence-electron chi connectivity index (χ1n) is 7.04. The molecule has 1 spiro atoms. The molecule has 3 heterocycles. The normalized spacial score (nSPS) is 54.4. The number of hydrogen-bond acceptors (Lipinski definition) is 4. The van der Waals surface area contributed by atoms with E-state index in [1.54, 1.807) is 0 Å². The third-order valence-electron chi connectivity index (χ3n) is 5.76. The Labute approximate surface area is 113 Å². The summed E-state index contributed by atoms with van der Waals surface area (Å²) in [4.78, 5) is 2.65. The van der Waals surface area contributed by atoms with Gasteiger partial charge in [-0.15, -0.1) is 0 Å². The van der Waals surface area contributed by atoms with Crippen molar-refractivity contribution in [3.8, 4) is 0 Å². The molecule has 0 amide bonds. The van der Waals surface area contributed by atoms with Crippen LogP contribution in [0.5, 0.6) is 0 Å². The summed E-state index contributed by atoms with van der Waals surface area (Å²) in [5, 5.41) is 9.91. The summed E-state index contributed by atoms with van der Waals surface area (Å²) < 4.78 is 6.28. The van der Waals surface area contributed by atoms with Crippen LogP contribution in [0.1, 0.15) is 32.6 Å². The quantitative estimate of drug-likeness (QED) is 0.734. The molecule has 18 heavy (non-hydrogen) atoms. The van der Waals surface area contributed by atoms with Crippen LogP contribution in [-0.4, -0.2) is 51.5 Å². The van der Waals surface area contributed by atoms with Gasteiger partial charge in [0.1, 0.15) is 5.60 Å². The molecule has 0 bridgehead atoms. The zero-order valence-electron chi connectivity index (χ0n) is 11.1. The van der Waals surface area contributed by atoms with Crippen LogP contribution in [0.2, 0.25) is 0 Å². The van der Waals surface area contributed by atoms with Gasteiger partial charge in [-0.3, -0.25) is 4.90 Å². The SMILES string of the molecule is CSC12CC3=CC(O)O[C@]31[C@H]1CCCCN1[C@H]2C. The number of aliphatic hydroxyl groups excluding tert-OH is 1. The van der Waals surface area contributed by atoms with Crippen LogP contribution < -0.4 is 0 Å². The lowest BCUT2D eigenvalue weighted by Crippen LogP contribution is -2.66. The van der Waals surface area contributed by atoms with Crippen LogP contribution >= 0.6 is 11.8 Å². The van der Waals surface area contributed by atoms with Crippen molar-refractivity contribution in [2.24, 2.45) is 0 Å². The molecule has 1 N–H and O–H groups in total. The van der Waals surface area contributed by atoms with Crippen molar-refractivity contribution < 1.29 is 9.84 Å². The average molecular weight is 267 g/mol. The molecule has 0 aromatic carbocycles. The predicted octanol–water partition coefficient (Wildman–Crippen LogP) is 1.76. The van der Waals surface area contributed by atoms with E-state index in [1.807, 2.05) is 17.8 Å². The first kappa shape index (κ1) is 11.8. The van der Waals surface area contributed by atoms with E-state index in [0.29, 0.717) is 12.1 Å². The number of rotatable bonds is 1. The predicted molar refractivity (Wildman–Crippen MR) is 72.6 cm³/mol. The van der Waals surface area contributed by atoms with Crippen molar-refractivity contribution >= 4 is 11.8 Å². The van der Waals surface area contributed by atoms with E-state index in [-0.39, 0.29) is 10.3 Å². The molecule has 3 fully saturated rings. The van der Waals surface area contributed by atoms with Crippen LogP contribution in [0.25, 0.3) is 0 Å². The number of hydrogen-bond donors (Lipinski definition) is 1. The highest BCUT2D eigenvalue weighted by Crippen LogP contribution is 2.69. The van der Waals surface area contributed by atoms with Gasteiger partial charge in [0.05, 0.1) is 4.75 Å². The van der Waals surface area contributed by atoms with Gasteiger partial charge >= 0.3 is 0 Å². The van der Waals surface area contributed by atoms with E-state index >= 15 is 0 Å². The number of fused-ring (bicyclic) bond motifs is 1. The number of aliphatic hydroxyl groups is 1. The van der Waals surface area contributed by atoms with Crippen LogP contribution in [0, 0.1) is 0 Å². The van der Waals surface area contributed by atoms with Gasteiger partial charge in [-0.2, -0.15) is 11.8 Å². The molecular weight excluding hydrogens is 246 g/mol. The summed E-state index contributed by atoms with van der Waals surface area (Å²) >= 11 is 1.95. The van der Waals surface area contributed by atoms with Crippen LogP contribution in [0.4, 0.5) is 0 Å². The number of ether oxygens (including phenoxy) is 1. The lowest BCUT2D eigenvalue weighted by Gasteiger charge is -2.56. The van der Waals surface area contributed by atoms with Gasteiger partial charge in [0, 0.05) is 12.1 Å². The Bertz CT molecular complexity index is 426. The summed E-state index contributed by atoms with van der Waals surface area (Å²) in [7, 11) is 0. The summed E-state index contributed by atoms with van der Waals surface area (Å²) in [6.07, 6.45) is 8.41. The molecule has 4 aliphatic rings. The molecule has 3 nitrogen and oxygen atoms in total. The van der Waals surface area contributed by atoms with E-state index in [0.717, 1.165) is 6.42 Å². The van der Waals surface area contributed by atoms with E-state index in [2.05, 4.69) is 18.1 Å². The van der Waals surface area contributed by atoms with Crippen molar-refractivity contribution in [2.45, 2.75) is 61.3 Å². The molecule has 2 unspecified atom stereocenters. The number of nitrogens with zero attached hydrogens (tertiary/aromatic N) is 1. The number of thioether (sulfide) groups is 1. The zero-order valence-corrected chi connectivity index (χ0v) is 11.9. The van der Waals surface area contributed by atoms with E-state index in [9.17, 15) is 5.11 Å². The summed E-state index contributed by atoms with van der Waals surface area (Å²) in [6, 6.07) is 1.05. The van der Waals surface area contributed by atoms with Crippen molar-refractivity contribution in [1.29, 1.82) is 0 Å².